The average Bonchev–Trinajstić information content (AvgIpc) is 0.722. The Balaban J connectivity index is -0.0000000800. The first kappa shape index (κ1) is 15.9. The van der Waals surface area contributed by atoms with Crippen molar-refractivity contribution >= 4 is 42.7 Å². The molecular formula is H4ClFMnO2PSb. The normalized spacial score (nSPS) is 15.3. The third kappa shape index (κ3) is 83.8. The molecule has 0 aliphatic heterocycles. The van der Waals surface area contributed by atoms with Crippen molar-refractivity contribution in [3.8, 4) is 0 Å². The zero-order valence-electron chi connectivity index (χ0n) is 3.14. The van der Waals surface area contributed by atoms with E-state index in [0.717, 1.165) is 0 Å². The van der Waals surface area contributed by atoms with Gasteiger partial charge in [0.05, 0.1) is 0 Å². The molecule has 0 bridgehead atoms. The predicted molar refractivity (Wildman–Crippen MR) is 26.7 cm³/mol. The SMILES string of the molecule is O=P(O)(F)Cl.[Mn].[SbH3]. The average molecular weight is 298 g/mol. The summed E-state index contributed by atoms with van der Waals surface area (Å²) in [5, 5.41) is 0. The number of halogens is 2. The van der Waals surface area contributed by atoms with Crippen LogP contribution in [0.15, 0.2) is 0 Å². The van der Waals surface area contributed by atoms with Gasteiger partial charge in [-0.3, -0.25) is 0 Å². The van der Waals surface area contributed by atoms with Crippen molar-refractivity contribution in [3.05, 3.63) is 0 Å². The van der Waals surface area contributed by atoms with Crippen LogP contribution in [0.4, 0.5) is 4.20 Å². The summed E-state index contributed by atoms with van der Waals surface area (Å²) in [6, 6.07) is 0. The fraction of sp³-hybridized carbons (Fsp3) is 0. The van der Waals surface area contributed by atoms with E-state index in [2.05, 4.69) is 11.2 Å². The van der Waals surface area contributed by atoms with Gasteiger partial charge in [-0.2, -0.15) is 0 Å². The molecule has 1 radical (unpaired) electrons. The van der Waals surface area contributed by atoms with Crippen molar-refractivity contribution in [2.45, 2.75) is 0 Å². The van der Waals surface area contributed by atoms with E-state index in [9.17, 15) is 4.20 Å². The molecule has 0 heterocycles. The molecule has 7 heavy (non-hydrogen) atoms. The molecule has 0 aromatic heterocycles. The molecule has 0 aromatic carbocycles. The van der Waals surface area contributed by atoms with E-state index in [1.807, 2.05) is 0 Å². The Morgan fingerprint density at radius 2 is 1.71 bits per heavy atom. The molecule has 1 unspecified atom stereocenters. The molecule has 1 N–H and O–H groups in total. The molecule has 0 aliphatic carbocycles. The summed E-state index contributed by atoms with van der Waals surface area (Å²) in [6.45, 7) is 0. The van der Waals surface area contributed by atoms with Crippen LogP contribution >= 0.6 is 18.3 Å². The van der Waals surface area contributed by atoms with Crippen LogP contribution in [-0.2, 0) is 21.6 Å². The van der Waals surface area contributed by atoms with E-state index < -0.39 is 7.03 Å². The Morgan fingerprint density at radius 1 is 1.71 bits per heavy atom. The Bertz CT molecular complexity index is 63.8. The summed E-state index contributed by atoms with van der Waals surface area (Å²) in [4.78, 5) is 7.18. The second-order valence-corrected chi connectivity index (χ2v) is 2.56. The third-order valence-corrected chi connectivity index (χ3v) is 0. The fourth-order valence-corrected chi connectivity index (χ4v) is 0. The van der Waals surface area contributed by atoms with Gasteiger partial charge in [-0.15, -0.1) is 4.20 Å². The molecule has 2 nitrogen and oxygen atoms in total. The van der Waals surface area contributed by atoms with Crippen LogP contribution in [0.25, 0.3) is 0 Å². The number of rotatable bonds is 0. The number of hydrogen-bond donors (Lipinski definition) is 1. The van der Waals surface area contributed by atoms with Gasteiger partial charge in [-0.05, 0) is 0 Å². The maximum atomic E-state index is 10.6. The molecule has 0 aliphatic rings. The Kier molecular flexibility index (Phi) is 13.3. The fourth-order valence-electron chi connectivity index (χ4n) is 0. The minimum absolute atomic E-state index is 0. The molecule has 7 heteroatoms. The van der Waals surface area contributed by atoms with E-state index in [1.165, 1.54) is 0 Å². The van der Waals surface area contributed by atoms with E-state index in [1.54, 1.807) is 0 Å². The van der Waals surface area contributed by atoms with Gasteiger partial charge in [0.25, 0.3) is 0 Å². The van der Waals surface area contributed by atoms with Gasteiger partial charge >= 0.3 is 31.5 Å². The van der Waals surface area contributed by atoms with Gasteiger partial charge in [-0.1, -0.05) is 0 Å². The first-order chi connectivity index (χ1) is 2.00. The molecule has 47 valence electrons. The van der Waals surface area contributed by atoms with Gasteiger partial charge in [0, 0.05) is 28.3 Å². The zero-order valence-corrected chi connectivity index (χ0v) is 10.0. The first-order valence-corrected chi connectivity index (χ1v) is 3.18. The first-order valence-electron chi connectivity index (χ1n) is 0.721. The predicted octanol–water partition coefficient (Wildman–Crippen LogP) is 0.109. The third-order valence-electron chi connectivity index (χ3n) is 0. The van der Waals surface area contributed by atoms with Gasteiger partial charge in [-0.25, -0.2) is 4.57 Å². The Hall–Kier alpha value is 1.75. The van der Waals surface area contributed by atoms with Gasteiger partial charge in [0.15, 0.2) is 0 Å². The monoisotopic (exact) mass is 297 g/mol. The minimum atomic E-state index is -4.67. The van der Waals surface area contributed by atoms with Crippen LogP contribution in [0.3, 0.4) is 0 Å². The van der Waals surface area contributed by atoms with Crippen LogP contribution in [0, 0.1) is 0 Å². The van der Waals surface area contributed by atoms with Gasteiger partial charge < -0.3 is 4.89 Å². The quantitative estimate of drug-likeness (QED) is 0.509. The summed E-state index contributed by atoms with van der Waals surface area (Å²) < 4.78 is 19.4. The second kappa shape index (κ2) is 5.88. The molecule has 0 aromatic rings. The molecule has 0 saturated heterocycles. The van der Waals surface area contributed by atoms with Crippen molar-refractivity contribution in [3.63, 3.8) is 0 Å². The summed E-state index contributed by atoms with van der Waals surface area (Å²) in [5.41, 5.74) is 0. The molecule has 0 amide bonds. The molecule has 0 spiro atoms. The molecule has 1 atom stereocenters. The van der Waals surface area contributed by atoms with Crippen LogP contribution < -0.4 is 0 Å². The van der Waals surface area contributed by atoms with Crippen LogP contribution in [0.1, 0.15) is 0 Å². The Morgan fingerprint density at radius 3 is 1.71 bits per heavy atom. The molecule has 0 rings (SSSR count). The molecule has 0 fully saturated rings. The summed E-state index contributed by atoms with van der Waals surface area (Å²) in [7, 11) is -4.67. The zero-order chi connectivity index (χ0) is 4.50. The summed E-state index contributed by atoms with van der Waals surface area (Å²) in [6.07, 6.45) is 0. The van der Waals surface area contributed by atoms with Crippen LogP contribution in [-0.4, -0.2) is 29.3 Å². The number of hydrogen-bond acceptors (Lipinski definition) is 1. The van der Waals surface area contributed by atoms with Gasteiger partial charge in [0.2, 0.25) is 0 Å². The van der Waals surface area contributed by atoms with Crippen LogP contribution in [0.5, 0.6) is 0 Å². The standard InChI is InChI=1S/ClFHO2P.Mn.Sb.3H/c1-5(2,3)4;;;;;/h(H,3,4);;;;;. The Labute approximate surface area is 73.1 Å². The van der Waals surface area contributed by atoms with Crippen LogP contribution in [0.2, 0.25) is 0 Å². The van der Waals surface area contributed by atoms with Crippen molar-refractivity contribution in [1.29, 1.82) is 0 Å². The van der Waals surface area contributed by atoms with Crippen molar-refractivity contribution < 1.29 is 30.7 Å². The van der Waals surface area contributed by atoms with E-state index in [-0.39, 0.29) is 41.5 Å². The van der Waals surface area contributed by atoms with Gasteiger partial charge in [0.1, 0.15) is 0 Å². The van der Waals surface area contributed by atoms with Crippen molar-refractivity contribution in [2.24, 2.45) is 0 Å². The maximum absolute atomic E-state index is 10.6. The van der Waals surface area contributed by atoms with E-state index in [4.69, 9.17) is 9.46 Å². The second-order valence-electron chi connectivity index (χ2n) is 0.435. The topological polar surface area (TPSA) is 37.3 Å². The van der Waals surface area contributed by atoms with E-state index >= 15 is 0 Å². The van der Waals surface area contributed by atoms with Crippen molar-refractivity contribution in [1.82, 2.24) is 0 Å². The summed E-state index contributed by atoms with van der Waals surface area (Å²) in [5.74, 6) is 0. The summed E-state index contributed by atoms with van der Waals surface area (Å²) >= 11 is 3.97. The molecule has 0 saturated carbocycles. The molecular weight excluding hydrogens is 294 g/mol. The van der Waals surface area contributed by atoms with E-state index in [0.29, 0.717) is 0 Å². The van der Waals surface area contributed by atoms with Crippen molar-refractivity contribution in [2.75, 3.05) is 0 Å².